The van der Waals surface area contributed by atoms with Gasteiger partial charge in [-0.1, -0.05) is 54.3 Å². The first-order chi connectivity index (χ1) is 12.7. The maximum absolute atomic E-state index is 12.2. The van der Waals surface area contributed by atoms with Crippen LogP contribution >= 0.6 is 0 Å². The molecule has 2 atom stereocenters. The molecule has 1 aliphatic rings. The van der Waals surface area contributed by atoms with E-state index in [0.717, 1.165) is 18.4 Å². The third-order valence-corrected chi connectivity index (χ3v) is 4.24. The average molecular weight is 357 g/mol. The third-order valence-electron chi connectivity index (χ3n) is 4.24. The molecule has 0 aromatic heterocycles. The Kier molecular flexibility index (Phi) is 8.91. The standard InChI is InChI=1S/C21H27NO4/c23-14-16-26-15-5-4-13-22-19(9-6-10-21(22)25)11-12-20(24)17-18-7-2-1-3-8-18/h1-3,7-8,11-12,19-20,23-24H,6,9-10,13-17H2/b12-11+/t19?,20-/m0/s1. The minimum Gasteiger partial charge on any atom is -0.394 e. The number of aliphatic hydroxyl groups excluding tert-OH is 2. The predicted octanol–water partition coefficient (Wildman–Crippen LogP) is 1.54. The van der Waals surface area contributed by atoms with E-state index in [0.29, 0.717) is 19.4 Å². The van der Waals surface area contributed by atoms with Crippen LogP contribution in [0.1, 0.15) is 24.8 Å². The van der Waals surface area contributed by atoms with Crippen LogP contribution in [0.15, 0.2) is 42.5 Å². The minimum atomic E-state index is -0.575. The fraction of sp³-hybridized carbons (Fsp3) is 0.476. The van der Waals surface area contributed by atoms with Crippen molar-refractivity contribution in [1.29, 1.82) is 0 Å². The first-order valence-corrected chi connectivity index (χ1v) is 9.05. The Morgan fingerprint density at radius 1 is 1.31 bits per heavy atom. The van der Waals surface area contributed by atoms with E-state index in [9.17, 15) is 9.90 Å². The first-order valence-electron chi connectivity index (χ1n) is 9.05. The fourth-order valence-corrected chi connectivity index (χ4v) is 2.91. The smallest absolute Gasteiger partial charge is 0.223 e. The number of ether oxygens (including phenoxy) is 1. The number of rotatable bonds is 8. The highest BCUT2D eigenvalue weighted by atomic mass is 16.5. The second kappa shape index (κ2) is 11.5. The van der Waals surface area contributed by atoms with E-state index in [1.165, 1.54) is 0 Å². The SMILES string of the molecule is O=C1CCCC(/C=C/[C@H](O)Cc2ccccc2)N1CC#CCOCCO. The molecule has 1 heterocycles. The number of carbonyl (C=O) groups is 1. The van der Waals surface area contributed by atoms with Crippen LogP contribution in [-0.4, -0.2) is 59.5 Å². The third kappa shape index (κ3) is 7.01. The van der Waals surface area contributed by atoms with Gasteiger partial charge in [0.1, 0.15) is 6.61 Å². The van der Waals surface area contributed by atoms with E-state index in [-0.39, 0.29) is 31.8 Å². The van der Waals surface area contributed by atoms with Gasteiger partial charge in [0.25, 0.3) is 0 Å². The number of amides is 1. The van der Waals surface area contributed by atoms with E-state index in [1.807, 2.05) is 36.4 Å². The molecule has 0 aliphatic carbocycles. The molecule has 26 heavy (non-hydrogen) atoms. The highest BCUT2D eigenvalue weighted by Gasteiger charge is 2.25. The second-order valence-electron chi connectivity index (χ2n) is 6.25. The zero-order chi connectivity index (χ0) is 18.6. The lowest BCUT2D eigenvalue weighted by atomic mass is 9.99. The molecule has 140 valence electrons. The molecule has 2 rings (SSSR count). The molecule has 5 heteroatoms. The van der Waals surface area contributed by atoms with Crippen molar-refractivity contribution in [2.24, 2.45) is 0 Å². The molecule has 2 N–H and O–H groups in total. The Bertz CT molecular complexity index is 632. The van der Waals surface area contributed by atoms with E-state index in [1.54, 1.807) is 11.0 Å². The molecule has 0 bridgehead atoms. The molecule has 0 spiro atoms. The summed E-state index contributed by atoms with van der Waals surface area (Å²) in [6.07, 6.45) is 5.96. The van der Waals surface area contributed by atoms with Crippen LogP contribution in [0.5, 0.6) is 0 Å². The van der Waals surface area contributed by atoms with Crippen molar-refractivity contribution >= 4 is 5.91 Å². The molecule has 1 aliphatic heterocycles. The van der Waals surface area contributed by atoms with Crippen molar-refractivity contribution in [3.63, 3.8) is 0 Å². The van der Waals surface area contributed by atoms with E-state index in [2.05, 4.69) is 11.8 Å². The summed E-state index contributed by atoms with van der Waals surface area (Å²) in [6, 6.07) is 9.80. The Labute approximate surface area is 155 Å². The molecule has 0 saturated carbocycles. The van der Waals surface area contributed by atoms with Crippen LogP contribution in [0, 0.1) is 11.8 Å². The molecule has 1 amide bonds. The maximum Gasteiger partial charge on any atom is 0.223 e. The van der Waals surface area contributed by atoms with Gasteiger partial charge in [-0.3, -0.25) is 4.79 Å². The molecule has 0 radical (unpaired) electrons. The lowest BCUT2D eigenvalue weighted by molar-refractivity contribution is -0.134. The quantitative estimate of drug-likeness (QED) is 0.421. The number of aliphatic hydroxyl groups is 2. The predicted molar refractivity (Wildman–Crippen MR) is 100 cm³/mol. The molecule has 1 aromatic rings. The van der Waals surface area contributed by atoms with Gasteiger partial charge < -0.3 is 19.8 Å². The Hall–Kier alpha value is -2.13. The van der Waals surface area contributed by atoms with E-state index >= 15 is 0 Å². The van der Waals surface area contributed by atoms with Gasteiger partial charge in [0, 0.05) is 12.8 Å². The van der Waals surface area contributed by atoms with Gasteiger partial charge in [-0.15, -0.1) is 0 Å². The minimum absolute atomic E-state index is 0.0233. The molecule has 5 nitrogen and oxygen atoms in total. The van der Waals surface area contributed by atoms with Crippen LogP contribution in [0.4, 0.5) is 0 Å². The zero-order valence-corrected chi connectivity index (χ0v) is 15.0. The summed E-state index contributed by atoms with van der Waals surface area (Å²) in [5.74, 6) is 5.90. The lowest BCUT2D eigenvalue weighted by Gasteiger charge is -2.32. The summed E-state index contributed by atoms with van der Waals surface area (Å²) < 4.78 is 5.09. The summed E-state index contributed by atoms with van der Waals surface area (Å²) in [5, 5.41) is 18.9. The highest BCUT2D eigenvalue weighted by molar-refractivity contribution is 5.77. The van der Waals surface area contributed by atoms with Gasteiger partial charge in [0.2, 0.25) is 5.91 Å². The number of carbonyl (C=O) groups excluding carboxylic acids is 1. The van der Waals surface area contributed by atoms with Gasteiger partial charge in [-0.05, 0) is 18.4 Å². The largest absolute Gasteiger partial charge is 0.394 e. The number of hydrogen-bond acceptors (Lipinski definition) is 4. The Morgan fingerprint density at radius 2 is 2.12 bits per heavy atom. The number of nitrogens with zero attached hydrogens (tertiary/aromatic N) is 1. The summed E-state index contributed by atoms with van der Waals surface area (Å²) in [7, 11) is 0. The average Bonchev–Trinajstić information content (AvgIpc) is 2.65. The fourth-order valence-electron chi connectivity index (χ4n) is 2.91. The van der Waals surface area contributed by atoms with Gasteiger partial charge in [-0.2, -0.15) is 0 Å². The van der Waals surface area contributed by atoms with Crippen molar-refractivity contribution in [3.8, 4) is 11.8 Å². The maximum atomic E-state index is 12.2. The van der Waals surface area contributed by atoms with Gasteiger partial charge in [-0.25, -0.2) is 0 Å². The van der Waals surface area contributed by atoms with Crippen molar-refractivity contribution in [1.82, 2.24) is 4.90 Å². The van der Waals surface area contributed by atoms with Crippen molar-refractivity contribution in [2.45, 2.75) is 37.8 Å². The first kappa shape index (κ1) is 20.2. The van der Waals surface area contributed by atoms with Crippen molar-refractivity contribution in [3.05, 3.63) is 48.0 Å². The van der Waals surface area contributed by atoms with Crippen molar-refractivity contribution in [2.75, 3.05) is 26.4 Å². The Balaban J connectivity index is 1.88. The summed E-state index contributed by atoms with van der Waals surface area (Å²) in [5.41, 5.74) is 1.08. The lowest BCUT2D eigenvalue weighted by Crippen LogP contribution is -2.42. The molecule has 1 aromatic carbocycles. The zero-order valence-electron chi connectivity index (χ0n) is 15.0. The van der Waals surface area contributed by atoms with Crippen molar-refractivity contribution < 1.29 is 19.7 Å². The Morgan fingerprint density at radius 3 is 2.88 bits per heavy atom. The normalized spacial score (nSPS) is 18.6. The number of benzene rings is 1. The number of hydrogen-bond donors (Lipinski definition) is 2. The van der Waals surface area contributed by atoms with E-state index < -0.39 is 6.10 Å². The van der Waals surface area contributed by atoms with Crippen LogP contribution in [0.3, 0.4) is 0 Å². The van der Waals surface area contributed by atoms with E-state index in [4.69, 9.17) is 9.84 Å². The monoisotopic (exact) mass is 357 g/mol. The van der Waals surface area contributed by atoms with Crippen LogP contribution in [0.25, 0.3) is 0 Å². The molecular formula is C21H27NO4. The molecule has 1 saturated heterocycles. The molecule has 1 unspecified atom stereocenters. The molecular weight excluding hydrogens is 330 g/mol. The van der Waals surface area contributed by atoms with Crippen LogP contribution in [-0.2, 0) is 16.0 Å². The van der Waals surface area contributed by atoms with Gasteiger partial charge >= 0.3 is 0 Å². The highest BCUT2D eigenvalue weighted by Crippen LogP contribution is 2.19. The van der Waals surface area contributed by atoms with Crippen LogP contribution in [0.2, 0.25) is 0 Å². The van der Waals surface area contributed by atoms with Crippen LogP contribution < -0.4 is 0 Å². The summed E-state index contributed by atoms with van der Waals surface area (Å²) in [4.78, 5) is 14.0. The topological polar surface area (TPSA) is 70.0 Å². The number of piperidine rings is 1. The van der Waals surface area contributed by atoms with Gasteiger partial charge in [0.15, 0.2) is 0 Å². The van der Waals surface area contributed by atoms with Gasteiger partial charge in [0.05, 0.1) is 31.9 Å². The number of likely N-dealkylation sites (tertiary alicyclic amines) is 1. The molecule has 1 fully saturated rings. The summed E-state index contributed by atoms with van der Waals surface area (Å²) in [6.45, 7) is 0.844. The second-order valence-corrected chi connectivity index (χ2v) is 6.25. The summed E-state index contributed by atoms with van der Waals surface area (Å²) >= 11 is 0.